The van der Waals surface area contributed by atoms with Crippen LogP contribution >= 0.6 is 22.7 Å². The summed E-state index contributed by atoms with van der Waals surface area (Å²) in [7, 11) is 0. The van der Waals surface area contributed by atoms with Gasteiger partial charge in [0.2, 0.25) is 0 Å². The van der Waals surface area contributed by atoms with Crippen LogP contribution in [0.5, 0.6) is 5.75 Å². The van der Waals surface area contributed by atoms with Crippen LogP contribution in [-0.2, 0) is 6.61 Å². The maximum absolute atomic E-state index is 11.8. The standard InChI is InChI=1S/C12H8N2O4S2/c15-11-9-6(1-3-19-9)13-8(14-11)5-18-7-2-4-20-10(7)12(16)17/h1-4H,5H2,(H,16,17)(H,13,14,15). The molecule has 3 heterocycles. The number of aromatic amines is 1. The van der Waals surface area contributed by atoms with Crippen molar-refractivity contribution in [2.24, 2.45) is 0 Å². The molecule has 0 saturated heterocycles. The van der Waals surface area contributed by atoms with E-state index in [1.165, 1.54) is 11.3 Å². The van der Waals surface area contributed by atoms with Gasteiger partial charge in [0.15, 0.2) is 4.88 Å². The van der Waals surface area contributed by atoms with E-state index in [4.69, 9.17) is 9.84 Å². The average molecular weight is 308 g/mol. The Morgan fingerprint density at radius 1 is 1.35 bits per heavy atom. The maximum atomic E-state index is 11.8. The van der Waals surface area contributed by atoms with Crippen LogP contribution in [-0.4, -0.2) is 21.0 Å². The van der Waals surface area contributed by atoms with Crippen molar-refractivity contribution in [2.45, 2.75) is 6.61 Å². The molecule has 3 aromatic heterocycles. The third kappa shape index (κ3) is 2.30. The minimum atomic E-state index is -1.04. The van der Waals surface area contributed by atoms with E-state index in [2.05, 4.69) is 9.97 Å². The molecule has 0 fully saturated rings. The van der Waals surface area contributed by atoms with E-state index in [1.807, 2.05) is 0 Å². The van der Waals surface area contributed by atoms with Gasteiger partial charge in [0.05, 0.1) is 5.52 Å². The summed E-state index contributed by atoms with van der Waals surface area (Å²) >= 11 is 2.41. The first kappa shape index (κ1) is 12.8. The van der Waals surface area contributed by atoms with E-state index in [0.29, 0.717) is 16.0 Å². The zero-order valence-corrected chi connectivity index (χ0v) is 11.6. The van der Waals surface area contributed by atoms with Crippen molar-refractivity contribution < 1.29 is 14.6 Å². The number of fused-ring (bicyclic) bond motifs is 1. The van der Waals surface area contributed by atoms with Crippen molar-refractivity contribution in [1.82, 2.24) is 9.97 Å². The third-order valence-electron chi connectivity index (χ3n) is 2.55. The number of carboxylic acid groups (broad SMARTS) is 1. The number of ether oxygens (including phenoxy) is 1. The van der Waals surface area contributed by atoms with E-state index in [9.17, 15) is 9.59 Å². The molecule has 0 aromatic carbocycles. The SMILES string of the molecule is O=C(O)c1sccc1OCc1nc2ccsc2c(=O)[nH]1. The molecule has 0 aliphatic heterocycles. The predicted molar refractivity (Wildman–Crippen MR) is 75.9 cm³/mol. The Balaban J connectivity index is 1.85. The summed E-state index contributed by atoms with van der Waals surface area (Å²) in [5, 5.41) is 12.4. The highest BCUT2D eigenvalue weighted by Gasteiger charge is 2.13. The maximum Gasteiger partial charge on any atom is 0.349 e. The second-order valence-electron chi connectivity index (χ2n) is 3.86. The fourth-order valence-electron chi connectivity index (χ4n) is 1.70. The highest BCUT2D eigenvalue weighted by Crippen LogP contribution is 2.25. The van der Waals surface area contributed by atoms with Crippen molar-refractivity contribution in [2.75, 3.05) is 0 Å². The lowest BCUT2D eigenvalue weighted by atomic mass is 10.4. The minimum Gasteiger partial charge on any atom is -0.484 e. The molecule has 0 atom stereocenters. The fourth-order valence-corrected chi connectivity index (χ4v) is 3.10. The van der Waals surface area contributed by atoms with Gasteiger partial charge in [-0.1, -0.05) is 0 Å². The average Bonchev–Trinajstić information content (AvgIpc) is 3.04. The summed E-state index contributed by atoms with van der Waals surface area (Å²) < 4.78 is 5.97. The van der Waals surface area contributed by atoms with Gasteiger partial charge in [0.25, 0.3) is 5.56 Å². The Kier molecular flexibility index (Phi) is 3.25. The second-order valence-corrected chi connectivity index (χ2v) is 5.69. The van der Waals surface area contributed by atoms with E-state index in [1.54, 1.807) is 22.9 Å². The van der Waals surface area contributed by atoms with Crippen molar-refractivity contribution >= 4 is 38.9 Å². The predicted octanol–water partition coefficient (Wildman–Crippen LogP) is 2.32. The quantitative estimate of drug-likeness (QED) is 0.771. The molecule has 0 unspecified atom stereocenters. The summed E-state index contributed by atoms with van der Waals surface area (Å²) in [6, 6.07) is 3.33. The molecule has 8 heteroatoms. The van der Waals surface area contributed by atoms with E-state index >= 15 is 0 Å². The van der Waals surface area contributed by atoms with Gasteiger partial charge in [-0.25, -0.2) is 9.78 Å². The first-order chi connectivity index (χ1) is 9.65. The summed E-state index contributed by atoms with van der Waals surface area (Å²) in [5.41, 5.74) is 0.397. The largest absolute Gasteiger partial charge is 0.484 e. The molecule has 0 saturated carbocycles. The minimum absolute atomic E-state index is 0.0119. The van der Waals surface area contributed by atoms with Gasteiger partial charge >= 0.3 is 5.97 Å². The molecular formula is C12H8N2O4S2. The van der Waals surface area contributed by atoms with Gasteiger partial charge in [-0.2, -0.15) is 0 Å². The van der Waals surface area contributed by atoms with Gasteiger partial charge in [-0.3, -0.25) is 4.79 Å². The third-order valence-corrected chi connectivity index (χ3v) is 4.34. The lowest BCUT2D eigenvalue weighted by Gasteiger charge is -2.04. The molecule has 3 rings (SSSR count). The molecule has 2 N–H and O–H groups in total. The van der Waals surface area contributed by atoms with Crippen LogP contribution in [0.1, 0.15) is 15.5 Å². The van der Waals surface area contributed by atoms with Gasteiger partial charge in [0.1, 0.15) is 22.9 Å². The van der Waals surface area contributed by atoms with Crippen LogP contribution in [0, 0.1) is 0 Å². The molecule has 6 nitrogen and oxygen atoms in total. The Hall–Kier alpha value is -2.19. The molecule has 0 spiro atoms. The Bertz CT molecular complexity index is 833. The second kappa shape index (κ2) is 5.06. The highest BCUT2D eigenvalue weighted by atomic mass is 32.1. The van der Waals surface area contributed by atoms with Gasteiger partial charge < -0.3 is 14.8 Å². The number of hydrogen-bond acceptors (Lipinski definition) is 6. The molecule has 0 radical (unpaired) electrons. The smallest absolute Gasteiger partial charge is 0.349 e. The molecule has 102 valence electrons. The fraction of sp³-hybridized carbons (Fsp3) is 0.0833. The van der Waals surface area contributed by atoms with Crippen molar-refractivity contribution in [3.05, 3.63) is 43.9 Å². The number of carbonyl (C=O) groups is 1. The van der Waals surface area contributed by atoms with Crippen LogP contribution in [0.25, 0.3) is 10.2 Å². The zero-order chi connectivity index (χ0) is 14.1. The van der Waals surface area contributed by atoms with Crippen molar-refractivity contribution in [1.29, 1.82) is 0 Å². The number of nitrogens with one attached hydrogen (secondary N) is 1. The Morgan fingerprint density at radius 2 is 2.15 bits per heavy atom. The normalized spacial score (nSPS) is 10.8. The highest BCUT2D eigenvalue weighted by molar-refractivity contribution is 7.17. The molecule has 0 aliphatic rings. The van der Waals surface area contributed by atoms with Gasteiger partial charge in [-0.15, -0.1) is 22.7 Å². The first-order valence-electron chi connectivity index (χ1n) is 5.55. The number of nitrogens with zero attached hydrogens (tertiary/aromatic N) is 1. The van der Waals surface area contributed by atoms with Crippen LogP contribution in [0.2, 0.25) is 0 Å². The van der Waals surface area contributed by atoms with Crippen LogP contribution in [0.3, 0.4) is 0 Å². The number of H-pyrrole nitrogens is 1. The zero-order valence-electron chi connectivity index (χ0n) is 9.95. The number of thiophene rings is 2. The van der Waals surface area contributed by atoms with E-state index < -0.39 is 5.97 Å². The number of carboxylic acids is 1. The van der Waals surface area contributed by atoms with Crippen LogP contribution in [0.4, 0.5) is 0 Å². The molecule has 0 bridgehead atoms. The molecule has 3 aromatic rings. The summed E-state index contributed by atoms with van der Waals surface area (Å²) in [5.74, 6) is -0.399. The first-order valence-corrected chi connectivity index (χ1v) is 7.31. The Morgan fingerprint density at radius 3 is 2.95 bits per heavy atom. The molecular weight excluding hydrogens is 300 g/mol. The van der Waals surface area contributed by atoms with Crippen molar-refractivity contribution in [3.63, 3.8) is 0 Å². The van der Waals surface area contributed by atoms with Crippen molar-refractivity contribution in [3.8, 4) is 5.75 Å². The van der Waals surface area contributed by atoms with Gasteiger partial charge in [-0.05, 0) is 22.9 Å². The summed E-state index contributed by atoms with van der Waals surface area (Å²) in [6.07, 6.45) is 0. The lowest BCUT2D eigenvalue weighted by molar-refractivity contribution is 0.0697. The lowest BCUT2D eigenvalue weighted by Crippen LogP contribution is -2.12. The topological polar surface area (TPSA) is 92.3 Å². The van der Waals surface area contributed by atoms with E-state index in [0.717, 1.165) is 11.3 Å². The van der Waals surface area contributed by atoms with Crippen LogP contribution < -0.4 is 10.3 Å². The summed E-state index contributed by atoms with van der Waals surface area (Å²) in [4.78, 5) is 29.7. The number of aromatic carboxylic acids is 1. The van der Waals surface area contributed by atoms with Crippen LogP contribution in [0.15, 0.2) is 27.7 Å². The summed E-state index contributed by atoms with van der Waals surface area (Å²) in [6.45, 7) is 0.0119. The van der Waals surface area contributed by atoms with Gasteiger partial charge in [0, 0.05) is 0 Å². The number of rotatable bonds is 4. The molecule has 0 amide bonds. The monoisotopic (exact) mass is 308 g/mol. The number of hydrogen-bond donors (Lipinski definition) is 2. The number of aromatic nitrogens is 2. The molecule has 0 aliphatic carbocycles. The molecule has 20 heavy (non-hydrogen) atoms. The van der Waals surface area contributed by atoms with E-state index in [-0.39, 0.29) is 22.8 Å². The Labute approximate surface area is 120 Å².